The number of urea groups is 1. The van der Waals surface area contributed by atoms with Gasteiger partial charge in [-0.3, -0.25) is 0 Å². The third kappa shape index (κ3) is 2.63. The molecule has 0 aliphatic heterocycles. The second kappa shape index (κ2) is 4.84. The summed E-state index contributed by atoms with van der Waals surface area (Å²) in [6.45, 7) is 4.29. The van der Waals surface area contributed by atoms with Gasteiger partial charge in [-0.2, -0.15) is 0 Å². The van der Waals surface area contributed by atoms with E-state index in [9.17, 15) is 4.79 Å². The molecule has 1 fully saturated rings. The third-order valence-electron chi connectivity index (χ3n) is 2.60. The minimum atomic E-state index is -0.0337. The highest BCUT2D eigenvalue weighted by molar-refractivity contribution is 5.89. The number of nitrogens with zero attached hydrogens (tertiary/aromatic N) is 1. The summed E-state index contributed by atoms with van der Waals surface area (Å²) >= 11 is 0. The molecule has 0 aromatic heterocycles. The Hall–Kier alpha value is -1.77. The number of nitrogens with one attached hydrogen (secondary N) is 1. The highest BCUT2D eigenvalue weighted by atomic mass is 16.2. The average Bonchev–Trinajstić information content (AvgIpc) is 3.11. The Labute approximate surface area is 95.8 Å². The number of hydrogen-bond acceptors (Lipinski definition) is 1. The van der Waals surface area contributed by atoms with E-state index in [-0.39, 0.29) is 6.03 Å². The first-order chi connectivity index (χ1) is 7.81. The summed E-state index contributed by atoms with van der Waals surface area (Å²) in [5.74, 6) is 0. The normalized spacial score (nSPS) is 14.2. The molecule has 0 spiro atoms. The molecule has 84 valence electrons. The van der Waals surface area contributed by atoms with Crippen LogP contribution in [0.5, 0.6) is 0 Å². The molecule has 1 N–H and O–H groups in total. The van der Waals surface area contributed by atoms with E-state index >= 15 is 0 Å². The Morgan fingerprint density at radius 3 is 2.69 bits per heavy atom. The van der Waals surface area contributed by atoms with Crippen molar-refractivity contribution in [1.29, 1.82) is 0 Å². The fraction of sp³-hybridized carbons (Fsp3) is 0.308. The molecular weight excluding hydrogens is 200 g/mol. The molecule has 16 heavy (non-hydrogen) atoms. The maximum Gasteiger partial charge on any atom is 0.322 e. The van der Waals surface area contributed by atoms with E-state index in [1.807, 2.05) is 35.2 Å². The van der Waals surface area contributed by atoms with Crippen LogP contribution in [0.4, 0.5) is 10.5 Å². The van der Waals surface area contributed by atoms with Crippen molar-refractivity contribution in [3.63, 3.8) is 0 Å². The van der Waals surface area contributed by atoms with E-state index in [4.69, 9.17) is 0 Å². The summed E-state index contributed by atoms with van der Waals surface area (Å²) in [5.41, 5.74) is 0.835. The zero-order valence-electron chi connectivity index (χ0n) is 9.23. The fourth-order valence-corrected chi connectivity index (χ4v) is 1.64. The molecule has 1 saturated carbocycles. The third-order valence-corrected chi connectivity index (χ3v) is 2.60. The summed E-state index contributed by atoms with van der Waals surface area (Å²) in [5, 5.41) is 2.89. The number of amides is 2. The van der Waals surface area contributed by atoms with Crippen LogP contribution >= 0.6 is 0 Å². The van der Waals surface area contributed by atoms with E-state index in [0.717, 1.165) is 18.5 Å². The summed E-state index contributed by atoms with van der Waals surface area (Å²) in [4.78, 5) is 13.8. The summed E-state index contributed by atoms with van der Waals surface area (Å²) in [7, 11) is 0. The number of benzene rings is 1. The van der Waals surface area contributed by atoms with E-state index in [1.165, 1.54) is 0 Å². The van der Waals surface area contributed by atoms with Gasteiger partial charge in [0.1, 0.15) is 0 Å². The lowest BCUT2D eigenvalue weighted by atomic mass is 10.3. The van der Waals surface area contributed by atoms with Gasteiger partial charge in [0.25, 0.3) is 0 Å². The molecular formula is C13H16N2O. The first-order valence-corrected chi connectivity index (χ1v) is 5.55. The number of rotatable bonds is 4. The van der Waals surface area contributed by atoms with Crippen molar-refractivity contribution in [2.75, 3.05) is 11.9 Å². The number of carbonyl (C=O) groups is 1. The molecule has 1 aliphatic carbocycles. The second-order valence-corrected chi connectivity index (χ2v) is 3.97. The monoisotopic (exact) mass is 216 g/mol. The Balaban J connectivity index is 1.97. The highest BCUT2D eigenvalue weighted by Crippen LogP contribution is 2.27. The van der Waals surface area contributed by atoms with Gasteiger partial charge < -0.3 is 10.2 Å². The van der Waals surface area contributed by atoms with Gasteiger partial charge in [0, 0.05) is 18.3 Å². The Kier molecular flexibility index (Phi) is 3.25. The zero-order chi connectivity index (χ0) is 11.4. The van der Waals surface area contributed by atoms with Crippen LogP contribution in [0.15, 0.2) is 43.0 Å². The lowest BCUT2D eigenvalue weighted by Crippen LogP contribution is -2.36. The van der Waals surface area contributed by atoms with Crippen LogP contribution < -0.4 is 5.32 Å². The SMILES string of the molecule is C=CCN(C(=O)Nc1ccccc1)C1CC1. The molecule has 3 nitrogen and oxygen atoms in total. The number of anilines is 1. The minimum absolute atomic E-state index is 0.0337. The van der Waals surface area contributed by atoms with E-state index in [0.29, 0.717) is 12.6 Å². The Morgan fingerprint density at radius 2 is 2.12 bits per heavy atom. The molecule has 0 atom stereocenters. The van der Waals surface area contributed by atoms with Crippen LogP contribution in [0.25, 0.3) is 0 Å². The van der Waals surface area contributed by atoms with Crippen LogP contribution in [0.2, 0.25) is 0 Å². The van der Waals surface area contributed by atoms with Crippen LogP contribution in [0.1, 0.15) is 12.8 Å². The van der Waals surface area contributed by atoms with Crippen LogP contribution in [0, 0.1) is 0 Å². The van der Waals surface area contributed by atoms with Crippen molar-refractivity contribution in [3.05, 3.63) is 43.0 Å². The zero-order valence-corrected chi connectivity index (χ0v) is 9.23. The lowest BCUT2D eigenvalue weighted by Gasteiger charge is -2.21. The first-order valence-electron chi connectivity index (χ1n) is 5.55. The minimum Gasteiger partial charge on any atom is -0.318 e. The highest BCUT2D eigenvalue weighted by Gasteiger charge is 2.31. The van der Waals surface area contributed by atoms with Gasteiger partial charge in [-0.15, -0.1) is 6.58 Å². The summed E-state index contributed by atoms with van der Waals surface area (Å²) in [6, 6.07) is 9.89. The van der Waals surface area contributed by atoms with Gasteiger partial charge in [0.2, 0.25) is 0 Å². The van der Waals surface area contributed by atoms with Crippen LogP contribution in [-0.2, 0) is 0 Å². The molecule has 0 bridgehead atoms. The second-order valence-electron chi connectivity index (χ2n) is 3.97. The molecule has 0 unspecified atom stereocenters. The average molecular weight is 216 g/mol. The molecule has 0 heterocycles. The van der Waals surface area contributed by atoms with Gasteiger partial charge in [0.05, 0.1) is 0 Å². The molecule has 1 aromatic carbocycles. The van der Waals surface area contributed by atoms with E-state index < -0.39 is 0 Å². The van der Waals surface area contributed by atoms with Crippen molar-refractivity contribution in [2.24, 2.45) is 0 Å². The van der Waals surface area contributed by atoms with Gasteiger partial charge in [-0.1, -0.05) is 24.3 Å². The Morgan fingerprint density at radius 1 is 1.44 bits per heavy atom. The van der Waals surface area contributed by atoms with Gasteiger partial charge in [0.15, 0.2) is 0 Å². The molecule has 3 heteroatoms. The molecule has 1 aromatic rings. The quantitative estimate of drug-likeness (QED) is 0.771. The number of hydrogen-bond donors (Lipinski definition) is 1. The van der Waals surface area contributed by atoms with Crippen molar-refractivity contribution >= 4 is 11.7 Å². The smallest absolute Gasteiger partial charge is 0.318 e. The number of para-hydroxylation sites is 1. The predicted molar refractivity (Wildman–Crippen MR) is 65.4 cm³/mol. The molecule has 0 saturated heterocycles. The topological polar surface area (TPSA) is 32.3 Å². The molecule has 2 rings (SSSR count). The maximum atomic E-state index is 12.0. The molecule has 2 amide bonds. The van der Waals surface area contributed by atoms with Gasteiger partial charge >= 0.3 is 6.03 Å². The predicted octanol–water partition coefficient (Wildman–Crippen LogP) is 2.87. The van der Waals surface area contributed by atoms with Gasteiger partial charge in [-0.25, -0.2) is 4.79 Å². The standard InChI is InChI=1S/C13H16N2O/c1-2-10-15(12-8-9-12)13(16)14-11-6-4-3-5-7-11/h2-7,12H,1,8-10H2,(H,14,16). The molecule has 1 aliphatic rings. The summed E-state index contributed by atoms with van der Waals surface area (Å²) in [6.07, 6.45) is 3.98. The van der Waals surface area contributed by atoms with Crippen molar-refractivity contribution in [3.8, 4) is 0 Å². The lowest BCUT2D eigenvalue weighted by molar-refractivity contribution is 0.215. The van der Waals surface area contributed by atoms with E-state index in [1.54, 1.807) is 6.08 Å². The summed E-state index contributed by atoms with van der Waals surface area (Å²) < 4.78 is 0. The first kappa shape index (κ1) is 10.7. The van der Waals surface area contributed by atoms with Crippen molar-refractivity contribution in [2.45, 2.75) is 18.9 Å². The van der Waals surface area contributed by atoms with Crippen LogP contribution in [-0.4, -0.2) is 23.5 Å². The largest absolute Gasteiger partial charge is 0.322 e. The van der Waals surface area contributed by atoms with Crippen molar-refractivity contribution in [1.82, 2.24) is 4.90 Å². The number of carbonyl (C=O) groups excluding carboxylic acids is 1. The van der Waals surface area contributed by atoms with Crippen molar-refractivity contribution < 1.29 is 4.79 Å². The molecule has 0 radical (unpaired) electrons. The Bertz CT molecular complexity index is 371. The maximum absolute atomic E-state index is 12.0. The van der Waals surface area contributed by atoms with Crippen LogP contribution in [0.3, 0.4) is 0 Å². The van der Waals surface area contributed by atoms with Gasteiger partial charge in [-0.05, 0) is 25.0 Å². The van der Waals surface area contributed by atoms with E-state index in [2.05, 4.69) is 11.9 Å². The fourth-order valence-electron chi connectivity index (χ4n) is 1.64.